The summed E-state index contributed by atoms with van der Waals surface area (Å²) in [5.74, 6) is -0.192. The normalized spacial score (nSPS) is 18.2. The van der Waals surface area contributed by atoms with Crippen LogP contribution in [0.4, 0.5) is 5.95 Å². The molecule has 2 atom stereocenters. The van der Waals surface area contributed by atoms with Gasteiger partial charge in [-0.05, 0) is 47.3 Å². The van der Waals surface area contributed by atoms with Crippen LogP contribution in [0, 0.1) is 0 Å². The number of hydrogen-bond acceptors (Lipinski definition) is 6. The van der Waals surface area contributed by atoms with E-state index in [2.05, 4.69) is 26.3 Å². The fourth-order valence-electron chi connectivity index (χ4n) is 3.70. The lowest BCUT2D eigenvalue weighted by atomic mass is 10.1. The number of fused-ring (bicyclic) bond motifs is 1. The van der Waals surface area contributed by atoms with Crippen molar-refractivity contribution < 1.29 is 14.2 Å². The number of rotatable bonds is 5. The van der Waals surface area contributed by atoms with E-state index in [0.717, 1.165) is 30.2 Å². The van der Waals surface area contributed by atoms with Gasteiger partial charge in [-0.25, -0.2) is 24.4 Å². The summed E-state index contributed by atoms with van der Waals surface area (Å²) >= 11 is 0. The molecule has 0 aliphatic carbocycles. The van der Waals surface area contributed by atoms with Crippen LogP contribution in [-0.2, 0) is 9.71 Å². The molecule has 9 heteroatoms. The zero-order valence-electron chi connectivity index (χ0n) is 16.8. The van der Waals surface area contributed by atoms with Crippen molar-refractivity contribution in [3.05, 3.63) is 67.0 Å². The molecule has 4 rings (SSSR count). The number of hydrogen-bond donors (Lipinski definition) is 3. The predicted molar refractivity (Wildman–Crippen MR) is 121 cm³/mol. The first-order chi connectivity index (χ1) is 15.0. The van der Waals surface area contributed by atoms with E-state index in [1.807, 2.05) is 47.4 Å². The van der Waals surface area contributed by atoms with Crippen molar-refractivity contribution in [2.24, 2.45) is 0 Å². The molecule has 1 amide bonds. The quantitative estimate of drug-likeness (QED) is 0.321. The minimum Gasteiger partial charge on any atom is -0.339 e. The van der Waals surface area contributed by atoms with Gasteiger partial charge >= 0.3 is 0 Å². The van der Waals surface area contributed by atoms with Gasteiger partial charge in [-0.3, -0.25) is 10.0 Å². The molecule has 160 valence electrons. The lowest BCUT2D eigenvalue weighted by Crippen LogP contribution is -2.48. The topological polar surface area (TPSA) is 107 Å². The summed E-state index contributed by atoms with van der Waals surface area (Å²) in [4.78, 5) is 22.5. The Morgan fingerprint density at radius 1 is 1.19 bits per heavy atom. The highest BCUT2D eigenvalue weighted by atomic mass is 32.2. The molecule has 2 unspecified atom stereocenters. The standard InChI is InChI=1S/C22H23N5O3S/c1-2-31(30,20-10-9-16-6-3-4-7-17(16)12-20)26-19-8-5-11-27(15-19)22-23-13-18(14-24-22)21(28)25-29/h3-4,6-7,9-10,12-14,19,29H,1,5,8,11,15H2,(H,25,28)(H,26,30). The summed E-state index contributed by atoms with van der Waals surface area (Å²) in [5.41, 5.74) is 1.72. The van der Waals surface area contributed by atoms with Gasteiger partial charge in [-0.15, -0.1) is 0 Å². The van der Waals surface area contributed by atoms with Gasteiger partial charge in [0.05, 0.1) is 20.2 Å². The molecule has 1 aliphatic rings. The number of carbonyl (C=O) groups excluding carboxylic acids is 1. The lowest BCUT2D eigenvalue weighted by Gasteiger charge is -2.33. The summed E-state index contributed by atoms with van der Waals surface area (Å²) in [6, 6.07) is 13.6. The highest BCUT2D eigenvalue weighted by molar-refractivity contribution is 7.99. The molecule has 0 bridgehead atoms. The lowest BCUT2D eigenvalue weighted by molar-refractivity contribution is 0.0705. The number of benzene rings is 2. The van der Waals surface area contributed by atoms with Gasteiger partial charge in [-0.2, -0.15) is 0 Å². The average molecular weight is 438 g/mol. The Morgan fingerprint density at radius 3 is 2.65 bits per heavy atom. The number of carbonyl (C=O) groups is 1. The summed E-state index contributed by atoms with van der Waals surface area (Å²) < 4.78 is 16.9. The van der Waals surface area contributed by atoms with Crippen molar-refractivity contribution in [3.63, 3.8) is 0 Å². The van der Waals surface area contributed by atoms with Gasteiger partial charge in [0.1, 0.15) is 0 Å². The molecule has 1 saturated heterocycles. The molecule has 31 heavy (non-hydrogen) atoms. The molecular formula is C22H23N5O3S. The number of nitrogens with zero attached hydrogens (tertiary/aromatic N) is 3. The summed E-state index contributed by atoms with van der Waals surface area (Å²) in [6.07, 6.45) is 4.43. The molecule has 2 heterocycles. The van der Waals surface area contributed by atoms with Crippen molar-refractivity contribution >= 4 is 37.4 Å². The molecule has 8 nitrogen and oxygen atoms in total. The molecule has 0 spiro atoms. The first kappa shape index (κ1) is 21.0. The van der Waals surface area contributed by atoms with E-state index in [4.69, 9.17) is 5.21 Å². The monoisotopic (exact) mass is 437 g/mol. The van der Waals surface area contributed by atoms with Crippen LogP contribution in [0.3, 0.4) is 0 Å². The first-order valence-corrected chi connectivity index (χ1v) is 11.4. The third-order valence-electron chi connectivity index (χ3n) is 5.29. The van der Waals surface area contributed by atoms with Crippen LogP contribution in [0.5, 0.6) is 0 Å². The molecule has 1 aliphatic heterocycles. The third-order valence-corrected chi connectivity index (χ3v) is 7.28. The molecule has 2 aromatic carbocycles. The van der Waals surface area contributed by atoms with Crippen LogP contribution in [0.1, 0.15) is 23.2 Å². The fourth-order valence-corrected chi connectivity index (χ4v) is 5.30. The van der Waals surface area contributed by atoms with Crippen LogP contribution < -0.4 is 15.1 Å². The number of nitrogens with one attached hydrogen (secondary N) is 2. The molecule has 0 radical (unpaired) electrons. The molecule has 3 aromatic rings. The van der Waals surface area contributed by atoms with E-state index in [9.17, 15) is 9.00 Å². The van der Waals surface area contributed by atoms with E-state index < -0.39 is 15.6 Å². The number of amides is 1. The maximum atomic E-state index is 13.7. The summed E-state index contributed by atoms with van der Waals surface area (Å²) in [5, 5.41) is 13.5. The maximum Gasteiger partial charge on any atom is 0.277 e. The van der Waals surface area contributed by atoms with Crippen LogP contribution in [0.15, 0.2) is 66.3 Å². The van der Waals surface area contributed by atoms with E-state index in [1.54, 1.807) is 5.48 Å². The molecule has 3 N–H and O–H groups in total. The zero-order chi connectivity index (χ0) is 21.8. The van der Waals surface area contributed by atoms with E-state index in [1.165, 1.54) is 12.4 Å². The van der Waals surface area contributed by atoms with Gasteiger partial charge < -0.3 is 4.90 Å². The largest absolute Gasteiger partial charge is 0.339 e. The van der Waals surface area contributed by atoms with Crippen LogP contribution in [-0.4, -0.2) is 49.4 Å². The number of piperidine rings is 1. The van der Waals surface area contributed by atoms with Crippen LogP contribution in [0.25, 0.3) is 10.8 Å². The second-order valence-corrected chi connectivity index (χ2v) is 9.43. The van der Waals surface area contributed by atoms with Gasteiger partial charge in [0.2, 0.25) is 5.95 Å². The van der Waals surface area contributed by atoms with Gasteiger partial charge in [0.15, 0.2) is 0 Å². The smallest absolute Gasteiger partial charge is 0.277 e. The Balaban J connectivity index is 1.53. The van der Waals surface area contributed by atoms with Gasteiger partial charge in [-0.1, -0.05) is 30.3 Å². The number of hydroxylamine groups is 1. The van der Waals surface area contributed by atoms with Crippen molar-refractivity contribution in [1.82, 2.24) is 20.2 Å². The van der Waals surface area contributed by atoms with Gasteiger partial charge in [0, 0.05) is 31.5 Å². The second kappa shape index (κ2) is 8.87. The Bertz CT molecular complexity index is 1250. The Morgan fingerprint density at radius 2 is 1.94 bits per heavy atom. The minimum atomic E-state index is -2.78. The molecule has 0 saturated carbocycles. The van der Waals surface area contributed by atoms with E-state index in [-0.39, 0.29) is 11.6 Å². The van der Waals surface area contributed by atoms with Crippen molar-refractivity contribution in [2.45, 2.75) is 23.8 Å². The zero-order valence-corrected chi connectivity index (χ0v) is 17.6. The van der Waals surface area contributed by atoms with Crippen molar-refractivity contribution in [2.75, 3.05) is 18.0 Å². The highest BCUT2D eigenvalue weighted by Crippen LogP contribution is 2.21. The maximum absolute atomic E-state index is 13.7. The molecular weight excluding hydrogens is 414 g/mol. The van der Waals surface area contributed by atoms with Gasteiger partial charge in [0.25, 0.3) is 5.91 Å². The third kappa shape index (κ3) is 4.45. The second-order valence-electron chi connectivity index (χ2n) is 7.33. The Hall–Kier alpha value is -3.23. The van der Waals surface area contributed by atoms with E-state index >= 15 is 0 Å². The van der Waals surface area contributed by atoms with Crippen molar-refractivity contribution in [1.29, 1.82) is 0 Å². The van der Waals surface area contributed by atoms with Crippen molar-refractivity contribution in [3.8, 4) is 0 Å². The fraction of sp³-hybridized carbons (Fsp3) is 0.227. The Kier molecular flexibility index (Phi) is 6.01. The minimum absolute atomic E-state index is 0.0778. The molecule has 1 aromatic heterocycles. The van der Waals surface area contributed by atoms with Crippen LogP contribution >= 0.6 is 0 Å². The average Bonchev–Trinajstić information content (AvgIpc) is 2.83. The highest BCUT2D eigenvalue weighted by Gasteiger charge is 2.25. The van der Waals surface area contributed by atoms with Crippen LogP contribution in [0.2, 0.25) is 0 Å². The predicted octanol–water partition coefficient (Wildman–Crippen LogP) is 2.15. The van der Waals surface area contributed by atoms with E-state index in [0.29, 0.717) is 17.4 Å². The SMILES string of the molecule is C=C=S(=O)(NC1CCCN(c2ncc(C(=O)NO)cn2)C1)c1ccc2ccccc2c1. The number of anilines is 1. The molecule has 1 fully saturated rings. The summed E-state index contributed by atoms with van der Waals surface area (Å²) in [7, 11) is -2.78. The summed E-state index contributed by atoms with van der Waals surface area (Å²) in [6.45, 7) is 5.01. The first-order valence-electron chi connectivity index (χ1n) is 9.88. The Labute approximate surface area is 180 Å². The number of aromatic nitrogens is 2.